The average molecular weight is 242 g/mol. The molecule has 4 heteroatoms. The molecule has 1 rings (SSSR count). The van der Waals surface area contributed by atoms with Crippen molar-refractivity contribution in [3.05, 3.63) is 0 Å². The van der Waals surface area contributed by atoms with Crippen molar-refractivity contribution in [3.63, 3.8) is 0 Å². The highest BCUT2D eigenvalue weighted by Gasteiger charge is 2.33. The van der Waals surface area contributed by atoms with Crippen LogP contribution >= 0.6 is 12.2 Å². The molecule has 0 unspecified atom stereocenters. The number of nitrogens with two attached hydrogens (primary N) is 1. The molecule has 0 spiro atoms. The van der Waals surface area contributed by atoms with Gasteiger partial charge in [0.05, 0.1) is 4.99 Å². The van der Waals surface area contributed by atoms with E-state index in [1.165, 1.54) is 0 Å². The van der Waals surface area contributed by atoms with E-state index in [0.29, 0.717) is 30.4 Å². The van der Waals surface area contributed by atoms with E-state index in [1.807, 2.05) is 4.90 Å². The average Bonchev–Trinajstić information content (AvgIpc) is 2.84. The van der Waals surface area contributed by atoms with Crippen molar-refractivity contribution in [2.24, 2.45) is 11.1 Å². The number of nitrogens with zero attached hydrogens (tertiary/aromatic N) is 1. The van der Waals surface area contributed by atoms with Crippen molar-refractivity contribution >= 4 is 23.1 Å². The van der Waals surface area contributed by atoms with Crippen LogP contribution < -0.4 is 5.73 Å². The standard InChI is InChI=1S/C12H22N2OS/c1-12(2,3)8-11(15)14(9-4-5-9)7-6-10(13)16/h9H,4-8H2,1-3H3,(H2,13,16). The second kappa shape index (κ2) is 5.13. The molecular formula is C12H22N2OS. The molecule has 1 amide bonds. The predicted octanol–water partition coefficient (Wildman–Crippen LogP) is 2.09. The maximum atomic E-state index is 12.1. The van der Waals surface area contributed by atoms with Crippen LogP contribution in [0.15, 0.2) is 0 Å². The summed E-state index contributed by atoms with van der Waals surface area (Å²) < 4.78 is 0. The van der Waals surface area contributed by atoms with Gasteiger partial charge in [0.25, 0.3) is 0 Å². The lowest BCUT2D eigenvalue weighted by Gasteiger charge is -2.26. The molecule has 0 heterocycles. The van der Waals surface area contributed by atoms with Crippen LogP contribution in [0.2, 0.25) is 0 Å². The monoisotopic (exact) mass is 242 g/mol. The maximum Gasteiger partial charge on any atom is 0.223 e. The van der Waals surface area contributed by atoms with Gasteiger partial charge in [0.2, 0.25) is 5.91 Å². The molecule has 2 N–H and O–H groups in total. The largest absolute Gasteiger partial charge is 0.393 e. The van der Waals surface area contributed by atoms with Gasteiger partial charge < -0.3 is 10.6 Å². The van der Waals surface area contributed by atoms with Crippen LogP contribution in [0.25, 0.3) is 0 Å². The highest BCUT2D eigenvalue weighted by Crippen LogP contribution is 2.29. The summed E-state index contributed by atoms with van der Waals surface area (Å²) in [5.41, 5.74) is 5.53. The zero-order valence-corrected chi connectivity index (χ0v) is 11.3. The van der Waals surface area contributed by atoms with Gasteiger partial charge in [0.1, 0.15) is 0 Å². The van der Waals surface area contributed by atoms with Gasteiger partial charge in [0, 0.05) is 25.4 Å². The van der Waals surface area contributed by atoms with Gasteiger partial charge in [0.15, 0.2) is 0 Å². The van der Waals surface area contributed by atoms with Gasteiger partial charge in [-0.05, 0) is 18.3 Å². The van der Waals surface area contributed by atoms with Gasteiger partial charge in [-0.1, -0.05) is 33.0 Å². The lowest BCUT2D eigenvalue weighted by molar-refractivity contribution is -0.133. The number of hydrogen-bond acceptors (Lipinski definition) is 2. The Morgan fingerprint density at radius 2 is 2.00 bits per heavy atom. The van der Waals surface area contributed by atoms with Crippen molar-refractivity contribution in [2.75, 3.05) is 6.54 Å². The number of hydrogen-bond donors (Lipinski definition) is 1. The molecule has 1 saturated carbocycles. The minimum Gasteiger partial charge on any atom is -0.393 e. The van der Waals surface area contributed by atoms with Crippen LogP contribution in [0.3, 0.4) is 0 Å². The lowest BCUT2D eigenvalue weighted by Crippen LogP contribution is -2.37. The van der Waals surface area contributed by atoms with Crippen molar-refractivity contribution < 1.29 is 4.79 Å². The smallest absolute Gasteiger partial charge is 0.223 e. The van der Waals surface area contributed by atoms with Crippen LogP contribution in [-0.4, -0.2) is 28.4 Å². The van der Waals surface area contributed by atoms with Crippen molar-refractivity contribution in [1.82, 2.24) is 4.90 Å². The molecule has 0 aromatic carbocycles. The first-order valence-electron chi connectivity index (χ1n) is 5.87. The first-order chi connectivity index (χ1) is 7.29. The van der Waals surface area contributed by atoms with Crippen molar-refractivity contribution in [1.29, 1.82) is 0 Å². The minimum atomic E-state index is 0.0491. The fraction of sp³-hybridized carbons (Fsp3) is 0.833. The number of thiocarbonyl (C=S) groups is 1. The van der Waals surface area contributed by atoms with Crippen LogP contribution in [0, 0.1) is 5.41 Å². The van der Waals surface area contributed by atoms with E-state index in [1.54, 1.807) is 0 Å². The Bertz CT molecular complexity index is 279. The molecule has 0 atom stereocenters. The molecule has 0 aromatic heterocycles. The second-order valence-corrected chi connectivity index (χ2v) is 6.30. The zero-order chi connectivity index (χ0) is 12.3. The fourth-order valence-electron chi connectivity index (χ4n) is 1.68. The summed E-state index contributed by atoms with van der Waals surface area (Å²) in [4.78, 5) is 14.6. The molecule has 92 valence electrons. The summed E-state index contributed by atoms with van der Waals surface area (Å²) in [7, 11) is 0. The third kappa shape index (κ3) is 4.92. The molecule has 1 aliphatic carbocycles. The Morgan fingerprint density at radius 3 is 2.38 bits per heavy atom. The molecule has 1 fully saturated rings. The Morgan fingerprint density at radius 1 is 1.44 bits per heavy atom. The summed E-state index contributed by atoms with van der Waals surface area (Å²) in [5, 5.41) is 0. The van der Waals surface area contributed by atoms with E-state index in [4.69, 9.17) is 18.0 Å². The number of carbonyl (C=O) groups excluding carboxylic acids is 1. The topological polar surface area (TPSA) is 46.3 Å². The summed E-state index contributed by atoms with van der Waals surface area (Å²) >= 11 is 4.86. The molecule has 3 nitrogen and oxygen atoms in total. The van der Waals surface area contributed by atoms with Gasteiger partial charge in [-0.25, -0.2) is 0 Å². The Hall–Kier alpha value is -0.640. The summed E-state index contributed by atoms with van der Waals surface area (Å²) in [6.07, 6.45) is 3.50. The Kier molecular flexibility index (Phi) is 4.30. The van der Waals surface area contributed by atoms with Crippen LogP contribution in [0.4, 0.5) is 0 Å². The van der Waals surface area contributed by atoms with Crippen molar-refractivity contribution in [3.8, 4) is 0 Å². The van der Waals surface area contributed by atoms with Crippen LogP contribution in [0.1, 0.15) is 46.5 Å². The van der Waals surface area contributed by atoms with Gasteiger partial charge in [-0.3, -0.25) is 4.79 Å². The van der Waals surface area contributed by atoms with E-state index in [0.717, 1.165) is 12.8 Å². The molecule has 0 radical (unpaired) electrons. The minimum absolute atomic E-state index is 0.0491. The zero-order valence-electron chi connectivity index (χ0n) is 10.5. The molecule has 0 bridgehead atoms. The highest BCUT2D eigenvalue weighted by molar-refractivity contribution is 7.80. The molecule has 0 aliphatic heterocycles. The summed E-state index contributed by atoms with van der Waals surface area (Å²) in [6, 6.07) is 0.448. The SMILES string of the molecule is CC(C)(C)CC(=O)N(CCC(N)=S)C1CC1. The van der Waals surface area contributed by atoms with E-state index < -0.39 is 0 Å². The maximum absolute atomic E-state index is 12.1. The number of rotatable bonds is 5. The van der Waals surface area contributed by atoms with Gasteiger partial charge in [-0.15, -0.1) is 0 Å². The molecule has 0 saturated heterocycles. The number of carbonyl (C=O) groups is 1. The summed E-state index contributed by atoms with van der Waals surface area (Å²) in [5.74, 6) is 0.242. The lowest BCUT2D eigenvalue weighted by atomic mass is 9.91. The van der Waals surface area contributed by atoms with E-state index in [9.17, 15) is 4.79 Å². The Labute approximate surface area is 103 Å². The highest BCUT2D eigenvalue weighted by atomic mass is 32.1. The van der Waals surface area contributed by atoms with Crippen LogP contribution in [0.5, 0.6) is 0 Å². The third-order valence-electron chi connectivity index (χ3n) is 2.59. The quantitative estimate of drug-likeness (QED) is 0.751. The van der Waals surface area contributed by atoms with Crippen molar-refractivity contribution in [2.45, 2.75) is 52.5 Å². The van der Waals surface area contributed by atoms with E-state index in [-0.39, 0.29) is 11.3 Å². The third-order valence-corrected chi connectivity index (χ3v) is 2.79. The Balaban J connectivity index is 2.49. The van der Waals surface area contributed by atoms with Crippen LogP contribution in [-0.2, 0) is 4.79 Å². The molecular weight excluding hydrogens is 220 g/mol. The first kappa shape index (κ1) is 13.4. The molecule has 16 heavy (non-hydrogen) atoms. The molecule has 1 aliphatic rings. The van der Waals surface area contributed by atoms with Gasteiger partial charge in [-0.2, -0.15) is 0 Å². The molecule has 0 aromatic rings. The second-order valence-electron chi connectivity index (χ2n) is 5.77. The van der Waals surface area contributed by atoms with E-state index in [2.05, 4.69) is 20.8 Å². The number of amides is 1. The van der Waals surface area contributed by atoms with E-state index >= 15 is 0 Å². The first-order valence-corrected chi connectivity index (χ1v) is 6.28. The predicted molar refractivity (Wildman–Crippen MR) is 70.2 cm³/mol. The normalized spacial score (nSPS) is 15.9. The fourth-order valence-corrected chi connectivity index (χ4v) is 1.77. The van der Waals surface area contributed by atoms with Gasteiger partial charge >= 0.3 is 0 Å². The summed E-state index contributed by atoms with van der Waals surface area (Å²) in [6.45, 7) is 6.95.